The predicted molar refractivity (Wildman–Crippen MR) is 60.2 cm³/mol. The van der Waals surface area contributed by atoms with Gasteiger partial charge in [-0.2, -0.15) is 11.8 Å². The first kappa shape index (κ1) is 11.4. The first-order valence-electron chi connectivity index (χ1n) is 5.62. The van der Waals surface area contributed by atoms with Gasteiger partial charge >= 0.3 is 0 Å². The number of rotatable bonds is 6. The monoisotopic (exact) mass is 202 g/mol. The van der Waals surface area contributed by atoms with Crippen molar-refractivity contribution < 1.29 is 5.11 Å². The SMILES string of the molecule is CCCCC(O)CSC1CCCC1. The minimum Gasteiger partial charge on any atom is -0.392 e. The van der Waals surface area contributed by atoms with Crippen molar-refractivity contribution in [1.29, 1.82) is 0 Å². The van der Waals surface area contributed by atoms with Crippen LogP contribution in [0.1, 0.15) is 51.9 Å². The maximum absolute atomic E-state index is 9.62. The summed E-state index contributed by atoms with van der Waals surface area (Å²) in [6.45, 7) is 2.18. The van der Waals surface area contributed by atoms with E-state index in [2.05, 4.69) is 6.92 Å². The van der Waals surface area contributed by atoms with E-state index < -0.39 is 0 Å². The Kier molecular flexibility index (Phi) is 5.88. The van der Waals surface area contributed by atoms with Crippen LogP contribution < -0.4 is 0 Å². The Balaban J connectivity index is 1.97. The van der Waals surface area contributed by atoms with Gasteiger partial charge in [0.2, 0.25) is 0 Å². The Morgan fingerprint density at radius 2 is 2.08 bits per heavy atom. The molecule has 0 aromatic heterocycles. The molecular weight excluding hydrogens is 180 g/mol. The van der Waals surface area contributed by atoms with E-state index in [1.807, 2.05) is 11.8 Å². The number of aliphatic hydroxyl groups is 1. The molecule has 1 aliphatic carbocycles. The number of thioether (sulfide) groups is 1. The van der Waals surface area contributed by atoms with Crippen LogP contribution in [0.25, 0.3) is 0 Å². The molecule has 1 unspecified atom stereocenters. The van der Waals surface area contributed by atoms with Crippen molar-refractivity contribution in [1.82, 2.24) is 0 Å². The van der Waals surface area contributed by atoms with E-state index in [1.54, 1.807) is 0 Å². The second-order valence-corrected chi connectivity index (χ2v) is 5.37. The maximum atomic E-state index is 9.62. The zero-order valence-corrected chi connectivity index (χ0v) is 9.48. The fourth-order valence-corrected chi connectivity index (χ4v) is 3.15. The highest BCUT2D eigenvalue weighted by Gasteiger charge is 2.16. The first-order chi connectivity index (χ1) is 6.33. The lowest BCUT2D eigenvalue weighted by molar-refractivity contribution is 0.185. The second kappa shape index (κ2) is 6.72. The van der Waals surface area contributed by atoms with E-state index in [-0.39, 0.29) is 6.10 Å². The molecule has 0 radical (unpaired) electrons. The van der Waals surface area contributed by atoms with Crippen molar-refractivity contribution in [3.8, 4) is 0 Å². The fourth-order valence-electron chi connectivity index (χ4n) is 1.83. The lowest BCUT2D eigenvalue weighted by atomic mass is 10.2. The zero-order chi connectivity index (χ0) is 9.52. The standard InChI is InChI=1S/C11H22OS/c1-2-3-6-10(12)9-13-11-7-4-5-8-11/h10-12H,2-9H2,1H3. The Morgan fingerprint density at radius 3 is 2.69 bits per heavy atom. The largest absolute Gasteiger partial charge is 0.392 e. The van der Waals surface area contributed by atoms with Crippen LogP contribution in [-0.2, 0) is 0 Å². The van der Waals surface area contributed by atoms with Crippen LogP contribution in [0, 0.1) is 0 Å². The third-order valence-electron chi connectivity index (χ3n) is 2.72. The number of hydrogen-bond donors (Lipinski definition) is 1. The molecule has 0 aliphatic heterocycles. The molecule has 1 aliphatic rings. The summed E-state index contributed by atoms with van der Waals surface area (Å²) in [7, 11) is 0. The molecule has 0 spiro atoms. The smallest absolute Gasteiger partial charge is 0.0630 e. The molecule has 13 heavy (non-hydrogen) atoms. The highest BCUT2D eigenvalue weighted by molar-refractivity contribution is 7.99. The molecule has 78 valence electrons. The van der Waals surface area contributed by atoms with Gasteiger partial charge in [-0.25, -0.2) is 0 Å². The lowest BCUT2D eigenvalue weighted by Gasteiger charge is -2.13. The summed E-state index contributed by atoms with van der Waals surface area (Å²) in [6.07, 6.45) is 8.89. The second-order valence-electron chi connectivity index (χ2n) is 4.04. The first-order valence-corrected chi connectivity index (χ1v) is 6.67. The average Bonchev–Trinajstić information content (AvgIpc) is 2.64. The number of aliphatic hydroxyl groups excluding tert-OH is 1. The molecular formula is C11H22OS. The average molecular weight is 202 g/mol. The number of unbranched alkanes of at least 4 members (excludes halogenated alkanes) is 1. The van der Waals surface area contributed by atoms with Crippen LogP contribution in [0.3, 0.4) is 0 Å². The van der Waals surface area contributed by atoms with Crippen molar-refractivity contribution in [2.24, 2.45) is 0 Å². The highest BCUT2D eigenvalue weighted by Crippen LogP contribution is 2.30. The van der Waals surface area contributed by atoms with Gasteiger partial charge in [0.1, 0.15) is 0 Å². The third kappa shape index (κ3) is 4.92. The summed E-state index contributed by atoms with van der Waals surface area (Å²) in [5.74, 6) is 0.963. The van der Waals surface area contributed by atoms with Crippen LogP contribution in [0.15, 0.2) is 0 Å². The molecule has 2 heteroatoms. The van der Waals surface area contributed by atoms with Gasteiger partial charge in [-0.15, -0.1) is 0 Å². The molecule has 0 heterocycles. The minimum absolute atomic E-state index is 0.0504. The Hall–Kier alpha value is 0.310. The Bertz CT molecular complexity index is 121. The van der Waals surface area contributed by atoms with E-state index in [9.17, 15) is 5.11 Å². The van der Waals surface area contributed by atoms with Gasteiger partial charge in [0, 0.05) is 11.0 Å². The van der Waals surface area contributed by atoms with Crippen molar-refractivity contribution in [2.75, 3.05) is 5.75 Å². The molecule has 1 rings (SSSR count). The Morgan fingerprint density at radius 1 is 1.38 bits per heavy atom. The molecule has 1 saturated carbocycles. The number of hydrogen-bond acceptors (Lipinski definition) is 2. The van der Waals surface area contributed by atoms with Gasteiger partial charge in [0.05, 0.1) is 6.10 Å². The highest BCUT2D eigenvalue weighted by atomic mass is 32.2. The van der Waals surface area contributed by atoms with E-state index >= 15 is 0 Å². The summed E-state index contributed by atoms with van der Waals surface area (Å²) in [6, 6.07) is 0. The summed E-state index contributed by atoms with van der Waals surface area (Å²) in [5.41, 5.74) is 0. The van der Waals surface area contributed by atoms with E-state index in [0.29, 0.717) is 0 Å². The van der Waals surface area contributed by atoms with Crippen molar-refractivity contribution in [2.45, 2.75) is 63.2 Å². The molecule has 0 bridgehead atoms. The van der Waals surface area contributed by atoms with Gasteiger partial charge in [-0.1, -0.05) is 32.6 Å². The molecule has 0 aromatic rings. The van der Waals surface area contributed by atoms with Gasteiger partial charge in [-0.3, -0.25) is 0 Å². The molecule has 0 aromatic carbocycles. The summed E-state index contributed by atoms with van der Waals surface area (Å²) >= 11 is 1.99. The van der Waals surface area contributed by atoms with Crippen LogP contribution in [0.4, 0.5) is 0 Å². The normalized spacial score (nSPS) is 20.8. The summed E-state index contributed by atoms with van der Waals surface area (Å²) < 4.78 is 0. The van der Waals surface area contributed by atoms with Gasteiger partial charge in [0.15, 0.2) is 0 Å². The summed E-state index contributed by atoms with van der Waals surface area (Å²) in [5, 5.41) is 10.5. The van der Waals surface area contributed by atoms with Gasteiger partial charge in [0.25, 0.3) is 0 Å². The summed E-state index contributed by atoms with van der Waals surface area (Å²) in [4.78, 5) is 0. The van der Waals surface area contributed by atoms with Crippen molar-refractivity contribution >= 4 is 11.8 Å². The van der Waals surface area contributed by atoms with Gasteiger partial charge in [-0.05, 0) is 19.3 Å². The molecule has 0 saturated heterocycles. The lowest BCUT2D eigenvalue weighted by Crippen LogP contribution is -2.12. The maximum Gasteiger partial charge on any atom is 0.0630 e. The topological polar surface area (TPSA) is 20.2 Å². The predicted octanol–water partition coefficient (Wildman–Crippen LogP) is 3.21. The fraction of sp³-hybridized carbons (Fsp3) is 1.00. The van der Waals surface area contributed by atoms with Crippen molar-refractivity contribution in [3.63, 3.8) is 0 Å². The van der Waals surface area contributed by atoms with Crippen LogP contribution >= 0.6 is 11.8 Å². The molecule has 0 amide bonds. The quantitative estimate of drug-likeness (QED) is 0.713. The Labute approximate surface area is 86.3 Å². The van der Waals surface area contributed by atoms with E-state index in [4.69, 9.17) is 0 Å². The molecule has 1 atom stereocenters. The van der Waals surface area contributed by atoms with Crippen LogP contribution in [0.2, 0.25) is 0 Å². The molecule has 1 fully saturated rings. The van der Waals surface area contributed by atoms with E-state index in [0.717, 1.165) is 17.4 Å². The molecule has 1 nitrogen and oxygen atoms in total. The van der Waals surface area contributed by atoms with Crippen LogP contribution in [0.5, 0.6) is 0 Å². The van der Waals surface area contributed by atoms with Crippen molar-refractivity contribution in [3.05, 3.63) is 0 Å². The minimum atomic E-state index is -0.0504. The van der Waals surface area contributed by atoms with E-state index in [1.165, 1.54) is 38.5 Å². The van der Waals surface area contributed by atoms with Crippen LogP contribution in [-0.4, -0.2) is 22.2 Å². The molecule has 1 N–H and O–H groups in total. The van der Waals surface area contributed by atoms with Gasteiger partial charge < -0.3 is 5.11 Å². The zero-order valence-electron chi connectivity index (χ0n) is 8.67. The third-order valence-corrected chi connectivity index (χ3v) is 4.24.